The van der Waals surface area contributed by atoms with Crippen LogP contribution in [0.2, 0.25) is 0 Å². The topological polar surface area (TPSA) is 110 Å². The second-order valence-electron chi connectivity index (χ2n) is 4.33. The van der Waals surface area contributed by atoms with Crippen LogP contribution in [0, 0.1) is 0 Å². The zero-order valence-corrected chi connectivity index (χ0v) is 11.5. The second kappa shape index (κ2) is 6.60. The number of rotatable bonds is 6. The zero-order chi connectivity index (χ0) is 15.2. The van der Waals surface area contributed by atoms with Crippen molar-refractivity contribution in [1.29, 1.82) is 0 Å². The Bertz CT molecular complexity index is 639. The van der Waals surface area contributed by atoms with Gasteiger partial charge in [0.05, 0.1) is 0 Å². The molecule has 1 amide bonds. The van der Waals surface area contributed by atoms with E-state index in [9.17, 15) is 14.7 Å². The van der Waals surface area contributed by atoms with Gasteiger partial charge in [0.1, 0.15) is 5.69 Å². The number of nitrogens with one attached hydrogen (secondary N) is 1. The van der Waals surface area contributed by atoms with Crippen molar-refractivity contribution in [2.24, 2.45) is 0 Å². The van der Waals surface area contributed by atoms with E-state index in [0.29, 0.717) is 30.6 Å². The molecule has 21 heavy (non-hydrogen) atoms. The van der Waals surface area contributed by atoms with Gasteiger partial charge in [0.15, 0.2) is 5.69 Å². The molecule has 0 saturated heterocycles. The maximum Gasteiger partial charge on any atom is 0.358 e. The van der Waals surface area contributed by atoms with Gasteiger partial charge in [0.2, 0.25) is 5.91 Å². The third kappa shape index (κ3) is 3.41. The number of hydrogen-bond acceptors (Lipinski definition) is 5. The fraction of sp³-hybridized carbons (Fsp3) is 0.308. The molecular formula is C13H15N5O3. The van der Waals surface area contributed by atoms with Crippen molar-refractivity contribution in [3.8, 4) is 11.3 Å². The highest BCUT2D eigenvalue weighted by atomic mass is 16.4. The third-order valence-corrected chi connectivity index (χ3v) is 2.94. The first-order valence-electron chi connectivity index (χ1n) is 6.41. The molecule has 0 aliphatic rings. The minimum atomic E-state index is -1.14. The number of pyridine rings is 1. The summed E-state index contributed by atoms with van der Waals surface area (Å²) >= 11 is 0. The first-order chi connectivity index (χ1) is 10.1. The zero-order valence-electron chi connectivity index (χ0n) is 11.5. The second-order valence-corrected chi connectivity index (χ2v) is 4.33. The first-order valence-corrected chi connectivity index (χ1v) is 6.41. The van der Waals surface area contributed by atoms with Crippen LogP contribution in [0.1, 0.15) is 23.3 Å². The van der Waals surface area contributed by atoms with Gasteiger partial charge in [-0.05, 0) is 18.6 Å². The van der Waals surface area contributed by atoms with E-state index in [2.05, 4.69) is 20.6 Å². The fourth-order valence-electron chi connectivity index (χ4n) is 1.92. The highest BCUT2D eigenvalue weighted by molar-refractivity contribution is 5.92. The molecule has 0 radical (unpaired) electrons. The van der Waals surface area contributed by atoms with Crippen molar-refractivity contribution in [2.45, 2.75) is 19.4 Å². The molecular weight excluding hydrogens is 274 g/mol. The molecule has 0 aromatic carbocycles. The number of carboxylic acids is 1. The Balaban J connectivity index is 2.26. The molecule has 2 aromatic heterocycles. The summed E-state index contributed by atoms with van der Waals surface area (Å²) < 4.78 is 1.50. The van der Waals surface area contributed by atoms with E-state index < -0.39 is 5.97 Å². The average Bonchev–Trinajstić information content (AvgIpc) is 2.92. The SMILES string of the molecule is CNC(=O)CCCn1nnc(C(=O)O)c1-c1ccncc1. The Morgan fingerprint density at radius 2 is 2.05 bits per heavy atom. The van der Waals surface area contributed by atoms with E-state index in [1.54, 1.807) is 31.6 Å². The van der Waals surface area contributed by atoms with Gasteiger partial charge in [-0.1, -0.05) is 5.21 Å². The van der Waals surface area contributed by atoms with Crippen LogP contribution in [0.3, 0.4) is 0 Å². The summed E-state index contributed by atoms with van der Waals surface area (Å²) in [5.41, 5.74) is 0.982. The largest absolute Gasteiger partial charge is 0.476 e. The predicted octanol–water partition coefficient (Wildman–Crippen LogP) is 0.564. The van der Waals surface area contributed by atoms with Crippen LogP contribution in [0.25, 0.3) is 11.3 Å². The number of carbonyl (C=O) groups is 2. The molecule has 0 aliphatic heterocycles. The van der Waals surface area contributed by atoms with Crippen LogP contribution in [-0.4, -0.2) is 44.0 Å². The lowest BCUT2D eigenvalue weighted by atomic mass is 10.1. The lowest BCUT2D eigenvalue weighted by Gasteiger charge is -2.06. The average molecular weight is 289 g/mol. The van der Waals surface area contributed by atoms with Crippen molar-refractivity contribution in [2.75, 3.05) is 7.05 Å². The summed E-state index contributed by atoms with van der Waals surface area (Å²) in [4.78, 5) is 26.4. The van der Waals surface area contributed by atoms with Crippen molar-refractivity contribution < 1.29 is 14.7 Å². The number of nitrogens with zero attached hydrogens (tertiary/aromatic N) is 4. The summed E-state index contributed by atoms with van der Waals surface area (Å²) in [5.74, 6) is -1.21. The summed E-state index contributed by atoms with van der Waals surface area (Å²) in [6.07, 6.45) is 4.03. The molecule has 0 spiro atoms. The molecule has 0 aliphatic carbocycles. The molecule has 0 unspecified atom stereocenters. The first kappa shape index (κ1) is 14.6. The molecule has 0 bridgehead atoms. The highest BCUT2D eigenvalue weighted by Crippen LogP contribution is 2.22. The van der Waals surface area contributed by atoms with Gasteiger partial charge in [-0.2, -0.15) is 0 Å². The summed E-state index contributed by atoms with van der Waals surface area (Å²) in [6, 6.07) is 3.39. The maximum atomic E-state index is 11.2. The van der Waals surface area contributed by atoms with Crippen molar-refractivity contribution in [3.05, 3.63) is 30.2 Å². The van der Waals surface area contributed by atoms with Crippen LogP contribution in [0.4, 0.5) is 0 Å². The monoisotopic (exact) mass is 289 g/mol. The fourth-order valence-corrected chi connectivity index (χ4v) is 1.92. The van der Waals surface area contributed by atoms with E-state index >= 15 is 0 Å². The normalized spacial score (nSPS) is 10.3. The number of carbonyl (C=O) groups excluding carboxylic acids is 1. The summed E-state index contributed by atoms with van der Waals surface area (Å²) in [6.45, 7) is 0.408. The predicted molar refractivity (Wildman–Crippen MR) is 73.5 cm³/mol. The molecule has 0 saturated carbocycles. The molecule has 110 valence electrons. The van der Waals surface area contributed by atoms with Gasteiger partial charge in [-0.25, -0.2) is 9.48 Å². The number of aryl methyl sites for hydroxylation is 1. The molecule has 2 N–H and O–H groups in total. The van der Waals surface area contributed by atoms with Crippen molar-refractivity contribution in [3.63, 3.8) is 0 Å². The Labute approximate surface area is 120 Å². The van der Waals surface area contributed by atoms with Gasteiger partial charge in [0.25, 0.3) is 0 Å². The van der Waals surface area contributed by atoms with Crippen molar-refractivity contribution >= 4 is 11.9 Å². The number of amides is 1. The Hall–Kier alpha value is -2.77. The third-order valence-electron chi connectivity index (χ3n) is 2.94. The summed E-state index contributed by atoms with van der Waals surface area (Å²) in [5, 5.41) is 19.3. The van der Waals surface area contributed by atoms with Crippen LogP contribution in [0.15, 0.2) is 24.5 Å². The van der Waals surface area contributed by atoms with Crippen LogP contribution < -0.4 is 5.32 Å². The number of carboxylic acid groups (broad SMARTS) is 1. The number of hydrogen-bond donors (Lipinski definition) is 2. The van der Waals surface area contributed by atoms with Gasteiger partial charge < -0.3 is 10.4 Å². The molecule has 2 heterocycles. The van der Waals surface area contributed by atoms with Crippen molar-refractivity contribution in [1.82, 2.24) is 25.3 Å². The van der Waals surface area contributed by atoms with E-state index in [1.807, 2.05) is 0 Å². The van der Waals surface area contributed by atoms with Crippen LogP contribution in [-0.2, 0) is 11.3 Å². The van der Waals surface area contributed by atoms with E-state index in [-0.39, 0.29) is 11.6 Å². The van der Waals surface area contributed by atoms with E-state index in [1.165, 1.54) is 4.68 Å². The number of aromatic carboxylic acids is 1. The van der Waals surface area contributed by atoms with Gasteiger partial charge in [-0.15, -0.1) is 5.10 Å². The maximum absolute atomic E-state index is 11.2. The van der Waals surface area contributed by atoms with Gasteiger partial charge in [0, 0.05) is 38.0 Å². The lowest BCUT2D eigenvalue weighted by molar-refractivity contribution is -0.120. The van der Waals surface area contributed by atoms with Gasteiger partial charge in [-0.3, -0.25) is 9.78 Å². The molecule has 8 heteroatoms. The molecule has 8 nitrogen and oxygen atoms in total. The lowest BCUT2D eigenvalue weighted by Crippen LogP contribution is -2.18. The Morgan fingerprint density at radius 3 is 2.67 bits per heavy atom. The Morgan fingerprint density at radius 1 is 1.33 bits per heavy atom. The molecule has 0 atom stereocenters. The van der Waals surface area contributed by atoms with Crippen LogP contribution in [0.5, 0.6) is 0 Å². The standard InChI is InChI=1S/C13H15N5O3/c1-14-10(19)3-2-8-18-12(9-4-6-15-7-5-9)11(13(20)21)16-17-18/h4-7H,2-3,8H2,1H3,(H,14,19)(H,20,21). The van der Waals surface area contributed by atoms with Crippen LogP contribution >= 0.6 is 0 Å². The summed E-state index contributed by atoms with van der Waals surface area (Å²) in [7, 11) is 1.57. The smallest absolute Gasteiger partial charge is 0.358 e. The molecule has 0 fully saturated rings. The molecule has 2 rings (SSSR count). The van der Waals surface area contributed by atoms with Gasteiger partial charge >= 0.3 is 5.97 Å². The van der Waals surface area contributed by atoms with E-state index in [0.717, 1.165) is 0 Å². The van der Waals surface area contributed by atoms with E-state index in [4.69, 9.17) is 0 Å². The minimum absolute atomic E-state index is 0.0703. The molecule has 2 aromatic rings. The Kier molecular flexibility index (Phi) is 4.60. The quantitative estimate of drug-likeness (QED) is 0.804. The highest BCUT2D eigenvalue weighted by Gasteiger charge is 2.20. The number of aromatic nitrogens is 4. The minimum Gasteiger partial charge on any atom is -0.476 e.